The maximum Gasteiger partial charge on any atom is 0.343 e. The number of para-hydroxylation sites is 1. The predicted octanol–water partition coefficient (Wildman–Crippen LogP) is 4.39. The number of rotatable bonds is 1. The molecular formula is C22H14O4. The van der Waals surface area contributed by atoms with Gasteiger partial charge >= 0.3 is 11.6 Å². The maximum atomic E-state index is 12.7. The summed E-state index contributed by atoms with van der Waals surface area (Å²) in [6, 6.07) is 21.1. The van der Waals surface area contributed by atoms with Crippen LogP contribution in [0.15, 0.2) is 75.9 Å². The zero-order valence-electron chi connectivity index (χ0n) is 13.8. The van der Waals surface area contributed by atoms with Gasteiger partial charge < -0.3 is 9.15 Å². The Hall–Kier alpha value is -3.40. The minimum absolute atomic E-state index is 0.119. The Labute approximate surface area is 148 Å². The van der Waals surface area contributed by atoms with Crippen LogP contribution >= 0.6 is 0 Å². The van der Waals surface area contributed by atoms with E-state index in [0.717, 1.165) is 16.3 Å². The summed E-state index contributed by atoms with van der Waals surface area (Å²) in [6.07, 6.45) is 0.119. The number of carbonyl (C=O) groups is 1. The van der Waals surface area contributed by atoms with Gasteiger partial charge in [-0.3, -0.25) is 4.79 Å². The van der Waals surface area contributed by atoms with Gasteiger partial charge in [0.1, 0.15) is 5.58 Å². The van der Waals surface area contributed by atoms with E-state index < -0.39 is 5.63 Å². The molecule has 1 aliphatic heterocycles. The molecule has 0 radical (unpaired) electrons. The van der Waals surface area contributed by atoms with Gasteiger partial charge in [-0.2, -0.15) is 0 Å². The zero-order chi connectivity index (χ0) is 17.7. The second-order valence-electron chi connectivity index (χ2n) is 6.47. The van der Waals surface area contributed by atoms with Crippen LogP contribution in [0.5, 0.6) is 5.75 Å². The fourth-order valence-corrected chi connectivity index (χ4v) is 3.68. The molecule has 0 saturated carbocycles. The lowest BCUT2D eigenvalue weighted by Gasteiger charge is -2.24. The van der Waals surface area contributed by atoms with Crippen LogP contribution in [0.3, 0.4) is 0 Å². The Balaban J connectivity index is 1.78. The van der Waals surface area contributed by atoms with Gasteiger partial charge in [0.2, 0.25) is 0 Å². The summed E-state index contributed by atoms with van der Waals surface area (Å²) in [4.78, 5) is 24.9. The molecule has 1 aliphatic rings. The standard InChI is InChI=1S/C22H14O4/c23-19-12-17(15-10-9-13-5-1-2-6-14(13)11-15)20-21(26-19)16-7-3-4-8-18(16)25-22(20)24/h1-11,17H,12H2/t17-/m0/s1. The molecule has 0 bridgehead atoms. The Bertz CT molecular complexity index is 1240. The van der Waals surface area contributed by atoms with Gasteiger partial charge in [-0.15, -0.1) is 0 Å². The molecule has 3 aromatic carbocycles. The third-order valence-electron chi connectivity index (χ3n) is 4.91. The SMILES string of the molecule is O=C1C[C@@H](c2ccc3ccccc3c2)c2c(c3ccccc3oc2=O)O1. The van der Waals surface area contributed by atoms with E-state index in [1.54, 1.807) is 18.2 Å². The fraction of sp³-hybridized carbons (Fsp3) is 0.0909. The number of hydrogen-bond donors (Lipinski definition) is 0. The van der Waals surface area contributed by atoms with Gasteiger partial charge in [-0.1, -0.05) is 54.6 Å². The first kappa shape index (κ1) is 14.9. The lowest BCUT2D eigenvalue weighted by molar-refractivity contribution is -0.135. The first-order valence-corrected chi connectivity index (χ1v) is 8.46. The smallest absolute Gasteiger partial charge is 0.343 e. The summed E-state index contributed by atoms with van der Waals surface area (Å²) in [5.74, 6) is -0.394. The largest absolute Gasteiger partial charge is 0.425 e. The summed E-state index contributed by atoms with van der Waals surface area (Å²) in [6.45, 7) is 0. The normalized spacial score (nSPS) is 16.5. The summed E-state index contributed by atoms with van der Waals surface area (Å²) in [5, 5.41) is 2.82. The van der Waals surface area contributed by atoms with Gasteiger partial charge in [-0.25, -0.2) is 4.79 Å². The van der Waals surface area contributed by atoms with Crippen LogP contribution in [0.2, 0.25) is 0 Å². The zero-order valence-corrected chi connectivity index (χ0v) is 13.8. The van der Waals surface area contributed by atoms with Crippen LogP contribution < -0.4 is 10.4 Å². The van der Waals surface area contributed by atoms with Crippen molar-refractivity contribution in [3.05, 3.63) is 88.3 Å². The van der Waals surface area contributed by atoms with Crippen molar-refractivity contribution in [2.45, 2.75) is 12.3 Å². The Kier molecular flexibility index (Phi) is 3.19. The van der Waals surface area contributed by atoms with Crippen LogP contribution in [0.25, 0.3) is 21.7 Å². The van der Waals surface area contributed by atoms with Gasteiger partial charge in [-0.05, 0) is 28.5 Å². The van der Waals surface area contributed by atoms with E-state index >= 15 is 0 Å². The molecule has 1 aromatic heterocycles. The van der Waals surface area contributed by atoms with E-state index in [2.05, 4.69) is 0 Å². The fourth-order valence-electron chi connectivity index (χ4n) is 3.68. The van der Waals surface area contributed by atoms with Crippen molar-refractivity contribution in [2.24, 2.45) is 0 Å². The van der Waals surface area contributed by atoms with Crippen molar-refractivity contribution in [1.29, 1.82) is 0 Å². The van der Waals surface area contributed by atoms with Gasteiger partial charge in [0.15, 0.2) is 5.75 Å². The summed E-state index contributed by atoms with van der Waals surface area (Å²) >= 11 is 0. The van der Waals surface area contributed by atoms with Gasteiger partial charge in [0.05, 0.1) is 17.4 Å². The Morgan fingerprint density at radius 2 is 1.62 bits per heavy atom. The molecule has 126 valence electrons. The highest BCUT2D eigenvalue weighted by Crippen LogP contribution is 2.41. The molecule has 1 atom stereocenters. The van der Waals surface area contributed by atoms with Gasteiger partial charge in [0, 0.05) is 5.92 Å². The van der Waals surface area contributed by atoms with E-state index in [0.29, 0.717) is 22.3 Å². The van der Waals surface area contributed by atoms with Crippen molar-refractivity contribution in [3.8, 4) is 5.75 Å². The lowest BCUT2D eigenvalue weighted by atomic mass is 9.86. The summed E-state index contributed by atoms with van der Waals surface area (Å²) in [5.41, 5.74) is 1.29. The van der Waals surface area contributed by atoms with Crippen LogP contribution in [-0.4, -0.2) is 5.97 Å². The maximum absolute atomic E-state index is 12.7. The number of benzene rings is 3. The van der Waals surface area contributed by atoms with Crippen LogP contribution in [0, 0.1) is 0 Å². The van der Waals surface area contributed by atoms with Crippen molar-refractivity contribution < 1.29 is 13.9 Å². The molecule has 0 saturated heterocycles. The Morgan fingerprint density at radius 3 is 2.50 bits per heavy atom. The minimum Gasteiger partial charge on any atom is -0.425 e. The van der Waals surface area contributed by atoms with Crippen LogP contribution in [0.1, 0.15) is 23.5 Å². The molecule has 0 aliphatic carbocycles. The van der Waals surface area contributed by atoms with E-state index in [-0.39, 0.29) is 18.3 Å². The first-order valence-electron chi connectivity index (χ1n) is 8.46. The highest BCUT2D eigenvalue weighted by molar-refractivity contribution is 5.90. The van der Waals surface area contributed by atoms with Crippen LogP contribution in [-0.2, 0) is 4.79 Å². The molecule has 0 spiro atoms. The number of esters is 1. The highest BCUT2D eigenvalue weighted by atomic mass is 16.5. The second-order valence-corrected chi connectivity index (χ2v) is 6.47. The quantitative estimate of drug-likeness (QED) is 0.380. The van der Waals surface area contributed by atoms with Crippen molar-refractivity contribution in [2.75, 3.05) is 0 Å². The number of fused-ring (bicyclic) bond motifs is 4. The highest BCUT2D eigenvalue weighted by Gasteiger charge is 2.33. The van der Waals surface area contributed by atoms with E-state index in [9.17, 15) is 9.59 Å². The molecule has 5 rings (SSSR count). The molecular weight excluding hydrogens is 328 g/mol. The third kappa shape index (κ3) is 2.23. The molecule has 2 heterocycles. The van der Waals surface area contributed by atoms with E-state index in [1.165, 1.54) is 0 Å². The number of carbonyl (C=O) groups excluding carboxylic acids is 1. The van der Waals surface area contributed by atoms with E-state index in [1.807, 2.05) is 48.5 Å². The predicted molar refractivity (Wildman–Crippen MR) is 98.5 cm³/mol. The third-order valence-corrected chi connectivity index (χ3v) is 4.91. The molecule has 0 N–H and O–H groups in total. The van der Waals surface area contributed by atoms with Crippen molar-refractivity contribution in [1.82, 2.24) is 0 Å². The summed E-state index contributed by atoms with van der Waals surface area (Å²) < 4.78 is 11.0. The van der Waals surface area contributed by atoms with Crippen molar-refractivity contribution in [3.63, 3.8) is 0 Å². The van der Waals surface area contributed by atoms with Crippen molar-refractivity contribution >= 4 is 27.7 Å². The van der Waals surface area contributed by atoms with E-state index in [4.69, 9.17) is 9.15 Å². The second kappa shape index (κ2) is 5.56. The minimum atomic E-state index is -0.454. The summed E-state index contributed by atoms with van der Waals surface area (Å²) in [7, 11) is 0. The molecule has 0 amide bonds. The topological polar surface area (TPSA) is 56.5 Å². The lowest BCUT2D eigenvalue weighted by Crippen LogP contribution is -2.26. The molecule has 26 heavy (non-hydrogen) atoms. The van der Waals surface area contributed by atoms with Gasteiger partial charge in [0.25, 0.3) is 0 Å². The number of hydrogen-bond acceptors (Lipinski definition) is 4. The number of ether oxygens (including phenoxy) is 1. The molecule has 0 fully saturated rings. The average Bonchev–Trinajstić information content (AvgIpc) is 2.67. The monoisotopic (exact) mass is 342 g/mol. The molecule has 4 nitrogen and oxygen atoms in total. The molecule has 4 heteroatoms. The van der Waals surface area contributed by atoms with Crippen LogP contribution in [0.4, 0.5) is 0 Å². The average molecular weight is 342 g/mol. The Morgan fingerprint density at radius 1 is 0.846 bits per heavy atom. The molecule has 4 aromatic rings. The first-order chi connectivity index (χ1) is 12.7. The molecule has 0 unspecified atom stereocenters.